The summed E-state index contributed by atoms with van der Waals surface area (Å²) in [5, 5.41) is 3.43. The maximum Gasteiger partial charge on any atom is 0.0216 e. The molecule has 0 heterocycles. The Balaban J connectivity index is 2.40. The smallest absolute Gasteiger partial charge is 0.0216 e. The first-order valence-corrected chi connectivity index (χ1v) is 6.76. The molecule has 0 radical (unpaired) electrons. The molecule has 1 aromatic rings. The SMILES string of the molecule is CN(C)CCNCc1cc(Br)ccc1I. The van der Waals surface area contributed by atoms with E-state index in [2.05, 4.69) is 81.0 Å². The zero-order valence-corrected chi connectivity index (χ0v) is 12.8. The first kappa shape index (κ1) is 13.4. The second kappa shape index (κ2) is 6.83. The van der Waals surface area contributed by atoms with Gasteiger partial charge in [0.15, 0.2) is 0 Å². The first-order valence-electron chi connectivity index (χ1n) is 4.89. The number of likely N-dealkylation sites (N-methyl/N-ethyl adjacent to an activating group) is 1. The molecule has 0 spiro atoms. The molecule has 15 heavy (non-hydrogen) atoms. The first-order chi connectivity index (χ1) is 7.09. The molecule has 0 saturated heterocycles. The van der Waals surface area contributed by atoms with Crippen LogP contribution in [0.2, 0.25) is 0 Å². The zero-order chi connectivity index (χ0) is 11.3. The normalized spacial score (nSPS) is 11.0. The number of nitrogens with one attached hydrogen (secondary N) is 1. The Kier molecular flexibility index (Phi) is 6.11. The summed E-state index contributed by atoms with van der Waals surface area (Å²) in [6, 6.07) is 6.38. The molecule has 1 aromatic carbocycles. The molecule has 0 unspecified atom stereocenters. The van der Waals surface area contributed by atoms with Crippen molar-refractivity contribution in [3.8, 4) is 0 Å². The summed E-state index contributed by atoms with van der Waals surface area (Å²) in [7, 11) is 4.18. The highest BCUT2D eigenvalue weighted by Crippen LogP contribution is 2.18. The molecule has 0 bridgehead atoms. The fourth-order valence-electron chi connectivity index (χ4n) is 1.20. The van der Waals surface area contributed by atoms with Crippen molar-refractivity contribution < 1.29 is 0 Å². The predicted molar refractivity (Wildman–Crippen MR) is 77.1 cm³/mol. The third-order valence-electron chi connectivity index (χ3n) is 2.06. The van der Waals surface area contributed by atoms with Gasteiger partial charge in [-0.2, -0.15) is 0 Å². The summed E-state index contributed by atoms with van der Waals surface area (Å²) in [5.74, 6) is 0. The number of benzene rings is 1. The van der Waals surface area contributed by atoms with Gasteiger partial charge in [-0.15, -0.1) is 0 Å². The Labute approximate surface area is 114 Å². The lowest BCUT2D eigenvalue weighted by atomic mass is 10.2. The third-order valence-corrected chi connectivity index (χ3v) is 3.60. The van der Waals surface area contributed by atoms with Crippen LogP contribution < -0.4 is 5.32 Å². The quantitative estimate of drug-likeness (QED) is 0.622. The Morgan fingerprint density at radius 3 is 2.80 bits per heavy atom. The molecular formula is C11H16BrIN2. The third kappa shape index (κ3) is 5.29. The lowest BCUT2D eigenvalue weighted by Crippen LogP contribution is -2.26. The van der Waals surface area contributed by atoms with Crippen LogP contribution in [0.5, 0.6) is 0 Å². The fourth-order valence-corrected chi connectivity index (χ4v) is 2.14. The van der Waals surface area contributed by atoms with E-state index >= 15 is 0 Å². The molecule has 4 heteroatoms. The van der Waals surface area contributed by atoms with Crippen LogP contribution in [0.3, 0.4) is 0 Å². The molecule has 1 rings (SSSR count). The second-order valence-corrected chi connectivity index (χ2v) is 5.79. The number of hydrogen-bond acceptors (Lipinski definition) is 2. The van der Waals surface area contributed by atoms with Gasteiger partial charge in [-0.25, -0.2) is 0 Å². The molecule has 0 amide bonds. The average molecular weight is 383 g/mol. The van der Waals surface area contributed by atoms with Gasteiger partial charge < -0.3 is 10.2 Å². The number of halogens is 2. The van der Waals surface area contributed by atoms with Crippen molar-refractivity contribution in [2.45, 2.75) is 6.54 Å². The summed E-state index contributed by atoms with van der Waals surface area (Å²) in [6.45, 7) is 3.03. The monoisotopic (exact) mass is 382 g/mol. The number of hydrogen-bond donors (Lipinski definition) is 1. The molecule has 2 nitrogen and oxygen atoms in total. The summed E-state index contributed by atoms with van der Waals surface area (Å²) in [5.41, 5.74) is 1.35. The topological polar surface area (TPSA) is 15.3 Å². The van der Waals surface area contributed by atoms with Gasteiger partial charge in [-0.05, 0) is 60.4 Å². The van der Waals surface area contributed by atoms with E-state index in [9.17, 15) is 0 Å². The highest BCUT2D eigenvalue weighted by atomic mass is 127. The molecular weight excluding hydrogens is 367 g/mol. The van der Waals surface area contributed by atoms with Gasteiger partial charge in [0, 0.05) is 27.7 Å². The molecule has 0 aliphatic rings. The van der Waals surface area contributed by atoms with Crippen molar-refractivity contribution in [3.05, 3.63) is 31.8 Å². The standard InChI is InChI=1S/C11H16BrIN2/c1-15(2)6-5-14-8-9-7-10(12)3-4-11(9)13/h3-4,7,14H,5-6,8H2,1-2H3. The van der Waals surface area contributed by atoms with Gasteiger partial charge in [-0.3, -0.25) is 0 Å². The van der Waals surface area contributed by atoms with Crippen molar-refractivity contribution in [2.24, 2.45) is 0 Å². The summed E-state index contributed by atoms with van der Waals surface area (Å²) >= 11 is 5.86. The molecule has 1 N–H and O–H groups in total. The summed E-state index contributed by atoms with van der Waals surface area (Å²) in [6.07, 6.45) is 0. The Morgan fingerprint density at radius 2 is 2.13 bits per heavy atom. The van der Waals surface area contributed by atoms with Gasteiger partial charge in [-0.1, -0.05) is 15.9 Å². The van der Waals surface area contributed by atoms with E-state index in [0.717, 1.165) is 24.1 Å². The zero-order valence-electron chi connectivity index (χ0n) is 9.06. The molecule has 0 atom stereocenters. The second-order valence-electron chi connectivity index (χ2n) is 3.72. The molecule has 0 aliphatic heterocycles. The van der Waals surface area contributed by atoms with Crippen LogP contribution in [0.15, 0.2) is 22.7 Å². The molecule has 0 fully saturated rings. The van der Waals surface area contributed by atoms with Gasteiger partial charge in [0.1, 0.15) is 0 Å². The minimum Gasteiger partial charge on any atom is -0.311 e. The van der Waals surface area contributed by atoms with Gasteiger partial charge in [0.05, 0.1) is 0 Å². The van der Waals surface area contributed by atoms with Gasteiger partial charge >= 0.3 is 0 Å². The van der Waals surface area contributed by atoms with Crippen LogP contribution in [0, 0.1) is 3.57 Å². The summed E-state index contributed by atoms with van der Waals surface area (Å²) < 4.78 is 2.46. The molecule has 0 aromatic heterocycles. The van der Waals surface area contributed by atoms with Gasteiger partial charge in [0.2, 0.25) is 0 Å². The van der Waals surface area contributed by atoms with E-state index in [1.807, 2.05) is 0 Å². The van der Waals surface area contributed by atoms with Crippen molar-refractivity contribution in [1.82, 2.24) is 10.2 Å². The van der Waals surface area contributed by atoms with E-state index in [0.29, 0.717) is 0 Å². The van der Waals surface area contributed by atoms with E-state index < -0.39 is 0 Å². The van der Waals surface area contributed by atoms with Crippen LogP contribution in [0.4, 0.5) is 0 Å². The minimum absolute atomic E-state index is 0.936. The van der Waals surface area contributed by atoms with Crippen molar-refractivity contribution in [2.75, 3.05) is 27.2 Å². The largest absolute Gasteiger partial charge is 0.311 e. The highest BCUT2D eigenvalue weighted by molar-refractivity contribution is 14.1. The minimum atomic E-state index is 0.936. The van der Waals surface area contributed by atoms with Crippen LogP contribution in [-0.2, 0) is 6.54 Å². The highest BCUT2D eigenvalue weighted by Gasteiger charge is 2.00. The van der Waals surface area contributed by atoms with E-state index in [1.54, 1.807) is 0 Å². The molecule has 84 valence electrons. The maximum atomic E-state index is 3.49. The van der Waals surface area contributed by atoms with Crippen LogP contribution >= 0.6 is 38.5 Å². The Hall–Kier alpha value is 0.350. The van der Waals surface area contributed by atoms with Gasteiger partial charge in [0.25, 0.3) is 0 Å². The number of nitrogens with zero attached hydrogens (tertiary/aromatic N) is 1. The van der Waals surface area contributed by atoms with E-state index in [-0.39, 0.29) is 0 Å². The predicted octanol–water partition coefficient (Wildman–Crippen LogP) is 2.70. The lowest BCUT2D eigenvalue weighted by Gasteiger charge is -2.11. The average Bonchev–Trinajstić information content (AvgIpc) is 2.17. The molecule has 0 saturated carbocycles. The maximum absolute atomic E-state index is 3.49. The van der Waals surface area contributed by atoms with Crippen molar-refractivity contribution in [1.29, 1.82) is 0 Å². The Bertz CT molecular complexity index is 315. The number of rotatable bonds is 5. The molecule has 0 aliphatic carbocycles. The van der Waals surface area contributed by atoms with Crippen LogP contribution in [-0.4, -0.2) is 32.1 Å². The fraction of sp³-hybridized carbons (Fsp3) is 0.455. The van der Waals surface area contributed by atoms with E-state index in [1.165, 1.54) is 9.13 Å². The van der Waals surface area contributed by atoms with Crippen molar-refractivity contribution >= 4 is 38.5 Å². The van der Waals surface area contributed by atoms with Crippen LogP contribution in [0.25, 0.3) is 0 Å². The lowest BCUT2D eigenvalue weighted by molar-refractivity contribution is 0.400. The van der Waals surface area contributed by atoms with Crippen LogP contribution in [0.1, 0.15) is 5.56 Å². The van der Waals surface area contributed by atoms with Crippen molar-refractivity contribution in [3.63, 3.8) is 0 Å². The van der Waals surface area contributed by atoms with E-state index in [4.69, 9.17) is 0 Å². The Morgan fingerprint density at radius 1 is 1.40 bits per heavy atom. The summed E-state index contributed by atoms with van der Waals surface area (Å²) in [4.78, 5) is 2.18.